The Labute approximate surface area is 142 Å². The smallest absolute Gasteiger partial charge is 0.222 e. The lowest BCUT2D eigenvalue weighted by Crippen LogP contribution is -2.29. The third-order valence-electron chi connectivity index (χ3n) is 4.18. The van der Waals surface area contributed by atoms with E-state index >= 15 is 0 Å². The molecule has 0 spiro atoms. The molecule has 0 aliphatic carbocycles. The van der Waals surface area contributed by atoms with E-state index in [1.807, 2.05) is 36.7 Å². The van der Waals surface area contributed by atoms with Gasteiger partial charge in [-0.15, -0.1) is 0 Å². The lowest BCUT2D eigenvalue weighted by Gasteiger charge is -2.21. The quantitative estimate of drug-likeness (QED) is 0.678. The summed E-state index contributed by atoms with van der Waals surface area (Å²) in [6, 6.07) is 18.5. The van der Waals surface area contributed by atoms with Gasteiger partial charge in [0.05, 0.1) is 19.1 Å². The average Bonchev–Trinajstić information content (AvgIpc) is 3.14. The van der Waals surface area contributed by atoms with Crippen molar-refractivity contribution in [2.24, 2.45) is 0 Å². The van der Waals surface area contributed by atoms with Gasteiger partial charge < -0.3 is 14.6 Å². The van der Waals surface area contributed by atoms with Gasteiger partial charge in [0, 0.05) is 26.0 Å². The monoisotopic (exact) mass is 322 g/mol. The molecule has 0 aliphatic heterocycles. The van der Waals surface area contributed by atoms with E-state index in [-0.39, 0.29) is 11.9 Å². The predicted molar refractivity (Wildman–Crippen MR) is 96.0 cm³/mol. The van der Waals surface area contributed by atoms with Crippen molar-refractivity contribution in [3.63, 3.8) is 0 Å². The fourth-order valence-electron chi connectivity index (χ4n) is 3.01. The number of amides is 1. The van der Waals surface area contributed by atoms with Crippen LogP contribution in [0.15, 0.2) is 67.0 Å². The second-order valence-electron chi connectivity index (χ2n) is 5.76. The molecule has 1 N–H and O–H groups in total. The molecule has 1 atom stereocenters. The van der Waals surface area contributed by atoms with Crippen molar-refractivity contribution in [3.05, 3.63) is 72.6 Å². The van der Waals surface area contributed by atoms with Gasteiger partial charge in [-0.2, -0.15) is 0 Å². The van der Waals surface area contributed by atoms with Crippen LogP contribution in [-0.2, 0) is 9.53 Å². The maximum atomic E-state index is 12.4. The molecule has 1 aromatic heterocycles. The third kappa shape index (κ3) is 3.66. The molecule has 0 saturated heterocycles. The first-order valence-corrected chi connectivity index (χ1v) is 8.15. The summed E-state index contributed by atoms with van der Waals surface area (Å²) in [5, 5.41) is 5.29. The number of hydrogen-bond acceptors (Lipinski definition) is 2. The lowest BCUT2D eigenvalue weighted by atomic mass is 9.96. The Morgan fingerprint density at radius 2 is 1.83 bits per heavy atom. The van der Waals surface area contributed by atoms with Crippen LogP contribution < -0.4 is 5.32 Å². The van der Waals surface area contributed by atoms with Crippen molar-refractivity contribution < 1.29 is 9.53 Å². The van der Waals surface area contributed by atoms with Crippen molar-refractivity contribution in [2.75, 3.05) is 20.3 Å². The van der Waals surface area contributed by atoms with Gasteiger partial charge in [-0.25, -0.2) is 0 Å². The number of ether oxygens (including phenoxy) is 1. The molecule has 124 valence electrons. The Bertz CT molecular complexity index is 791. The number of methoxy groups -OCH3 is 1. The fourth-order valence-corrected chi connectivity index (χ4v) is 3.01. The summed E-state index contributed by atoms with van der Waals surface area (Å²) in [4.78, 5) is 12.4. The molecule has 0 radical (unpaired) electrons. The minimum Gasteiger partial charge on any atom is -0.383 e. The fraction of sp³-hybridized carbons (Fsp3) is 0.250. The normalized spacial score (nSPS) is 12.2. The zero-order valence-corrected chi connectivity index (χ0v) is 13.8. The van der Waals surface area contributed by atoms with Gasteiger partial charge in [-0.1, -0.05) is 42.5 Å². The van der Waals surface area contributed by atoms with Gasteiger partial charge in [-0.05, 0) is 28.5 Å². The molecule has 1 amide bonds. The highest BCUT2D eigenvalue weighted by atomic mass is 16.5. The van der Waals surface area contributed by atoms with E-state index in [2.05, 4.69) is 40.2 Å². The van der Waals surface area contributed by atoms with E-state index in [0.717, 1.165) is 5.56 Å². The average molecular weight is 322 g/mol. The summed E-state index contributed by atoms with van der Waals surface area (Å²) < 4.78 is 7.09. The highest BCUT2D eigenvalue weighted by Crippen LogP contribution is 2.29. The van der Waals surface area contributed by atoms with Crippen molar-refractivity contribution >= 4 is 16.7 Å². The summed E-state index contributed by atoms with van der Waals surface area (Å²) in [5.41, 5.74) is 1.16. The van der Waals surface area contributed by atoms with Crippen LogP contribution >= 0.6 is 0 Å². The molecule has 0 unspecified atom stereocenters. The van der Waals surface area contributed by atoms with E-state index < -0.39 is 0 Å². The molecule has 0 fully saturated rings. The van der Waals surface area contributed by atoms with E-state index in [1.54, 1.807) is 7.11 Å². The van der Waals surface area contributed by atoms with Crippen LogP contribution in [0.3, 0.4) is 0 Å². The maximum absolute atomic E-state index is 12.4. The van der Waals surface area contributed by atoms with Gasteiger partial charge in [0.2, 0.25) is 5.91 Å². The van der Waals surface area contributed by atoms with Gasteiger partial charge in [-0.3, -0.25) is 4.79 Å². The largest absolute Gasteiger partial charge is 0.383 e. The number of hydrogen-bond donors (Lipinski definition) is 1. The maximum Gasteiger partial charge on any atom is 0.222 e. The number of fused-ring (bicyclic) bond motifs is 1. The number of nitrogens with one attached hydrogen (secondary N) is 1. The van der Waals surface area contributed by atoms with Crippen molar-refractivity contribution in [1.82, 2.24) is 9.88 Å². The minimum absolute atomic E-state index is 0.0266. The van der Waals surface area contributed by atoms with Crippen LogP contribution in [0.5, 0.6) is 0 Å². The number of rotatable bonds is 7. The SMILES string of the molecule is COCCNC(=O)C[C@@H](c1cccc2ccccc12)n1cccc1. The van der Waals surface area contributed by atoms with Gasteiger partial charge >= 0.3 is 0 Å². The highest BCUT2D eigenvalue weighted by Gasteiger charge is 2.19. The Hall–Kier alpha value is -2.59. The molecule has 24 heavy (non-hydrogen) atoms. The summed E-state index contributed by atoms with van der Waals surface area (Å²) in [7, 11) is 1.63. The van der Waals surface area contributed by atoms with Crippen LogP contribution in [0, 0.1) is 0 Å². The summed E-state index contributed by atoms with van der Waals surface area (Å²) in [6.45, 7) is 1.05. The van der Waals surface area contributed by atoms with Gasteiger partial charge in [0.25, 0.3) is 0 Å². The van der Waals surface area contributed by atoms with Gasteiger partial charge in [0.15, 0.2) is 0 Å². The van der Waals surface area contributed by atoms with Crippen LogP contribution in [0.4, 0.5) is 0 Å². The molecule has 0 aliphatic rings. The molecule has 4 nitrogen and oxygen atoms in total. The Morgan fingerprint density at radius 3 is 2.62 bits per heavy atom. The van der Waals surface area contributed by atoms with E-state index in [1.165, 1.54) is 10.8 Å². The van der Waals surface area contributed by atoms with Crippen molar-refractivity contribution in [2.45, 2.75) is 12.5 Å². The Morgan fingerprint density at radius 1 is 1.08 bits per heavy atom. The molecule has 2 aromatic carbocycles. The lowest BCUT2D eigenvalue weighted by molar-refractivity contribution is -0.121. The number of carbonyl (C=O) groups is 1. The molecular formula is C20H22N2O2. The first-order valence-electron chi connectivity index (χ1n) is 8.15. The van der Waals surface area contributed by atoms with Crippen LogP contribution in [0.1, 0.15) is 18.0 Å². The third-order valence-corrected chi connectivity index (χ3v) is 4.18. The second-order valence-corrected chi connectivity index (χ2v) is 5.76. The summed E-state index contributed by atoms with van der Waals surface area (Å²) in [5.74, 6) is 0.0266. The van der Waals surface area contributed by atoms with Crippen LogP contribution in [-0.4, -0.2) is 30.7 Å². The number of benzene rings is 2. The van der Waals surface area contributed by atoms with Crippen molar-refractivity contribution in [1.29, 1.82) is 0 Å². The first-order chi connectivity index (χ1) is 11.8. The summed E-state index contributed by atoms with van der Waals surface area (Å²) >= 11 is 0. The van der Waals surface area contributed by atoms with Crippen molar-refractivity contribution in [3.8, 4) is 0 Å². The first kappa shape index (κ1) is 16.3. The standard InChI is InChI=1S/C20H22N2O2/c1-24-14-11-21-20(23)15-19(22-12-4-5-13-22)18-10-6-8-16-7-2-3-9-17(16)18/h2-10,12-13,19H,11,14-15H2,1H3,(H,21,23)/t19-/m0/s1. The van der Waals surface area contributed by atoms with E-state index in [0.29, 0.717) is 19.6 Å². The molecule has 4 heteroatoms. The van der Waals surface area contributed by atoms with E-state index in [4.69, 9.17) is 4.74 Å². The van der Waals surface area contributed by atoms with E-state index in [9.17, 15) is 4.79 Å². The molecule has 1 heterocycles. The number of nitrogens with zero attached hydrogens (tertiary/aromatic N) is 1. The summed E-state index contributed by atoms with van der Waals surface area (Å²) in [6.07, 6.45) is 4.41. The highest BCUT2D eigenvalue weighted by molar-refractivity contribution is 5.87. The Kier molecular flexibility index (Phi) is 5.29. The topological polar surface area (TPSA) is 43.3 Å². The second kappa shape index (κ2) is 7.79. The molecule has 3 rings (SSSR count). The molecular weight excluding hydrogens is 300 g/mol. The molecule has 0 saturated carbocycles. The molecule has 0 bridgehead atoms. The van der Waals surface area contributed by atoms with Crippen LogP contribution in [0.25, 0.3) is 10.8 Å². The minimum atomic E-state index is -0.0337. The molecule has 3 aromatic rings. The number of carbonyl (C=O) groups excluding carboxylic acids is 1. The van der Waals surface area contributed by atoms with Crippen LogP contribution in [0.2, 0.25) is 0 Å². The Balaban J connectivity index is 1.92. The zero-order chi connectivity index (χ0) is 16.8. The van der Waals surface area contributed by atoms with Gasteiger partial charge in [0.1, 0.15) is 0 Å². The predicted octanol–water partition coefficient (Wildman–Crippen LogP) is 3.38. The number of aromatic nitrogens is 1. The zero-order valence-electron chi connectivity index (χ0n) is 13.8.